The van der Waals surface area contributed by atoms with Gasteiger partial charge in [0.2, 0.25) is 0 Å². The summed E-state index contributed by atoms with van der Waals surface area (Å²) < 4.78 is 6.48. The van der Waals surface area contributed by atoms with Crippen molar-refractivity contribution in [3.63, 3.8) is 0 Å². The van der Waals surface area contributed by atoms with E-state index in [0.717, 1.165) is 4.57 Å². The van der Waals surface area contributed by atoms with Gasteiger partial charge in [0.1, 0.15) is 18.0 Å². The SMILES string of the molecule is COOC1C(O)[C@@H](CO)O[C@H]1n1ccc(N)nc1=O. The highest BCUT2D eigenvalue weighted by molar-refractivity contribution is 5.23. The molecule has 9 heteroatoms. The highest BCUT2D eigenvalue weighted by atomic mass is 17.2. The van der Waals surface area contributed by atoms with Crippen molar-refractivity contribution >= 4 is 5.82 Å². The lowest BCUT2D eigenvalue weighted by atomic mass is 10.1. The fourth-order valence-corrected chi connectivity index (χ4v) is 1.93. The molecule has 106 valence electrons. The molecule has 4 atom stereocenters. The number of aromatic nitrogens is 2. The van der Waals surface area contributed by atoms with Crippen LogP contribution in [-0.4, -0.2) is 51.8 Å². The van der Waals surface area contributed by atoms with Crippen LogP contribution in [0, 0.1) is 0 Å². The predicted octanol–water partition coefficient (Wildman–Crippen LogP) is -1.98. The third-order valence-electron chi connectivity index (χ3n) is 2.83. The molecular formula is C10H15N3O6. The Balaban J connectivity index is 2.33. The van der Waals surface area contributed by atoms with E-state index in [-0.39, 0.29) is 5.82 Å². The van der Waals surface area contributed by atoms with E-state index >= 15 is 0 Å². The van der Waals surface area contributed by atoms with Gasteiger partial charge in [-0.3, -0.25) is 4.57 Å². The Hall–Kier alpha value is -1.52. The van der Waals surface area contributed by atoms with Gasteiger partial charge in [0, 0.05) is 6.20 Å². The van der Waals surface area contributed by atoms with Gasteiger partial charge < -0.3 is 20.7 Å². The molecule has 0 amide bonds. The molecule has 0 bridgehead atoms. The summed E-state index contributed by atoms with van der Waals surface area (Å²) in [5, 5.41) is 19.0. The summed E-state index contributed by atoms with van der Waals surface area (Å²) in [7, 11) is 1.26. The van der Waals surface area contributed by atoms with Crippen LogP contribution >= 0.6 is 0 Å². The zero-order valence-electron chi connectivity index (χ0n) is 10.2. The van der Waals surface area contributed by atoms with Crippen LogP contribution in [0.15, 0.2) is 17.1 Å². The molecule has 1 aromatic heterocycles. The summed E-state index contributed by atoms with van der Waals surface area (Å²) in [6.45, 7) is -0.418. The van der Waals surface area contributed by atoms with E-state index < -0.39 is 36.8 Å². The first kappa shape index (κ1) is 13.9. The number of hydrogen-bond donors (Lipinski definition) is 3. The maximum atomic E-state index is 11.7. The Kier molecular flexibility index (Phi) is 4.12. The molecule has 1 saturated heterocycles. The fourth-order valence-electron chi connectivity index (χ4n) is 1.93. The summed E-state index contributed by atoms with van der Waals surface area (Å²) in [5.41, 5.74) is 4.74. The maximum Gasteiger partial charge on any atom is 0.351 e. The van der Waals surface area contributed by atoms with Gasteiger partial charge in [0.15, 0.2) is 12.3 Å². The van der Waals surface area contributed by atoms with E-state index in [1.807, 2.05) is 0 Å². The summed E-state index contributed by atoms with van der Waals surface area (Å²) in [6, 6.07) is 1.41. The minimum atomic E-state index is -1.14. The van der Waals surface area contributed by atoms with Crippen molar-refractivity contribution in [2.75, 3.05) is 19.5 Å². The highest BCUT2D eigenvalue weighted by Crippen LogP contribution is 2.30. The molecule has 1 fully saturated rings. The number of anilines is 1. The van der Waals surface area contributed by atoms with Crippen molar-refractivity contribution in [1.29, 1.82) is 0 Å². The lowest BCUT2D eigenvalue weighted by Gasteiger charge is -2.19. The Bertz CT molecular complexity index is 492. The topological polar surface area (TPSA) is 129 Å². The highest BCUT2D eigenvalue weighted by Gasteiger charge is 2.46. The number of nitrogen functional groups attached to an aromatic ring is 1. The van der Waals surface area contributed by atoms with Gasteiger partial charge >= 0.3 is 5.69 Å². The second kappa shape index (κ2) is 5.63. The van der Waals surface area contributed by atoms with Crippen LogP contribution in [-0.2, 0) is 14.5 Å². The van der Waals surface area contributed by atoms with E-state index in [9.17, 15) is 9.90 Å². The van der Waals surface area contributed by atoms with Crippen molar-refractivity contribution in [3.05, 3.63) is 22.7 Å². The quantitative estimate of drug-likeness (QED) is 0.425. The van der Waals surface area contributed by atoms with Gasteiger partial charge in [0.25, 0.3) is 0 Å². The molecule has 0 aliphatic carbocycles. The second-order valence-corrected chi connectivity index (χ2v) is 4.01. The summed E-state index contributed by atoms with van der Waals surface area (Å²) in [5.74, 6) is 0.0720. The van der Waals surface area contributed by atoms with Gasteiger partial charge in [-0.2, -0.15) is 4.98 Å². The molecule has 0 aromatic carbocycles. The van der Waals surface area contributed by atoms with Crippen molar-refractivity contribution in [3.8, 4) is 0 Å². The number of aliphatic hydroxyl groups excluding tert-OH is 2. The predicted molar refractivity (Wildman–Crippen MR) is 61.8 cm³/mol. The Morgan fingerprint density at radius 1 is 1.63 bits per heavy atom. The van der Waals surface area contributed by atoms with Gasteiger partial charge in [-0.1, -0.05) is 0 Å². The average Bonchev–Trinajstić information content (AvgIpc) is 2.68. The number of nitrogens with two attached hydrogens (primary N) is 1. The molecule has 0 spiro atoms. The van der Waals surface area contributed by atoms with Crippen LogP contribution in [0.4, 0.5) is 5.82 Å². The van der Waals surface area contributed by atoms with E-state index in [1.165, 1.54) is 19.4 Å². The zero-order chi connectivity index (χ0) is 14.0. The van der Waals surface area contributed by atoms with E-state index in [0.29, 0.717) is 0 Å². The Labute approximate surface area is 108 Å². The fraction of sp³-hybridized carbons (Fsp3) is 0.600. The summed E-state index contributed by atoms with van der Waals surface area (Å²) in [4.78, 5) is 24.7. The number of rotatable bonds is 4. The van der Waals surface area contributed by atoms with Crippen molar-refractivity contribution < 1.29 is 24.7 Å². The van der Waals surface area contributed by atoms with E-state index in [4.69, 9.17) is 20.5 Å². The molecule has 4 N–H and O–H groups in total. The molecule has 2 rings (SSSR count). The smallest absolute Gasteiger partial charge is 0.351 e. The molecule has 2 unspecified atom stereocenters. The molecule has 0 saturated carbocycles. The van der Waals surface area contributed by atoms with Crippen molar-refractivity contribution in [1.82, 2.24) is 9.55 Å². The molecule has 2 heterocycles. The van der Waals surface area contributed by atoms with Gasteiger partial charge in [0.05, 0.1) is 13.7 Å². The van der Waals surface area contributed by atoms with Crippen LogP contribution in [0.3, 0.4) is 0 Å². The third kappa shape index (κ3) is 2.60. The first-order chi connectivity index (χ1) is 9.08. The monoisotopic (exact) mass is 273 g/mol. The first-order valence-electron chi connectivity index (χ1n) is 5.57. The molecule has 19 heavy (non-hydrogen) atoms. The number of nitrogens with zero attached hydrogens (tertiary/aromatic N) is 2. The molecule has 9 nitrogen and oxygen atoms in total. The average molecular weight is 273 g/mol. The Morgan fingerprint density at radius 3 is 2.95 bits per heavy atom. The van der Waals surface area contributed by atoms with Crippen LogP contribution in [0.25, 0.3) is 0 Å². The third-order valence-corrected chi connectivity index (χ3v) is 2.83. The van der Waals surface area contributed by atoms with Gasteiger partial charge in [-0.05, 0) is 6.07 Å². The van der Waals surface area contributed by atoms with Crippen molar-refractivity contribution in [2.45, 2.75) is 24.5 Å². The first-order valence-corrected chi connectivity index (χ1v) is 5.57. The molecular weight excluding hydrogens is 258 g/mol. The molecule has 1 aliphatic rings. The van der Waals surface area contributed by atoms with E-state index in [2.05, 4.69) is 9.87 Å². The minimum absolute atomic E-state index is 0.0720. The zero-order valence-corrected chi connectivity index (χ0v) is 10.2. The minimum Gasteiger partial charge on any atom is -0.394 e. The van der Waals surface area contributed by atoms with Gasteiger partial charge in [-0.25, -0.2) is 14.6 Å². The summed E-state index contributed by atoms with van der Waals surface area (Å²) in [6.07, 6.45) is -2.58. The normalized spacial score (nSPS) is 30.7. The molecule has 1 aliphatic heterocycles. The Morgan fingerprint density at radius 2 is 2.37 bits per heavy atom. The van der Waals surface area contributed by atoms with Crippen LogP contribution in [0.1, 0.15) is 6.23 Å². The van der Waals surface area contributed by atoms with Crippen LogP contribution < -0.4 is 11.4 Å². The second-order valence-electron chi connectivity index (χ2n) is 4.01. The largest absolute Gasteiger partial charge is 0.394 e. The lowest BCUT2D eigenvalue weighted by Crippen LogP contribution is -2.38. The van der Waals surface area contributed by atoms with Crippen LogP contribution in [0.5, 0.6) is 0 Å². The number of hydrogen-bond acceptors (Lipinski definition) is 8. The van der Waals surface area contributed by atoms with E-state index in [1.54, 1.807) is 0 Å². The number of aliphatic hydroxyl groups is 2. The standard InChI is InChI=1S/C10H15N3O6/c1-17-19-8-7(15)5(4-14)18-9(8)13-3-2-6(11)12-10(13)16/h2-3,5,7-9,14-15H,4H2,1H3,(H2,11,12,16)/t5-,7?,8?,9-/m1/s1. The summed E-state index contributed by atoms with van der Waals surface area (Å²) >= 11 is 0. The van der Waals surface area contributed by atoms with Crippen molar-refractivity contribution in [2.24, 2.45) is 0 Å². The van der Waals surface area contributed by atoms with Crippen LogP contribution in [0.2, 0.25) is 0 Å². The number of ether oxygens (including phenoxy) is 1. The molecule has 0 radical (unpaired) electrons. The maximum absolute atomic E-state index is 11.7. The van der Waals surface area contributed by atoms with Gasteiger partial charge in [-0.15, -0.1) is 0 Å². The molecule has 1 aromatic rings. The lowest BCUT2D eigenvalue weighted by molar-refractivity contribution is -0.327.